The highest BCUT2D eigenvalue weighted by atomic mass is 32.2. The minimum Gasteiger partial charge on any atom is -0.493 e. The van der Waals surface area contributed by atoms with Crippen LogP contribution in [0.25, 0.3) is 0 Å². The molecule has 28 heavy (non-hydrogen) atoms. The van der Waals surface area contributed by atoms with Gasteiger partial charge in [0.15, 0.2) is 21.3 Å². The average Bonchev–Trinajstić information content (AvgIpc) is 3.05. The summed E-state index contributed by atoms with van der Waals surface area (Å²) in [5.41, 5.74) is 0.652. The first-order valence-electron chi connectivity index (χ1n) is 8.81. The van der Waals surface area contributed by atoms with Crippen molar-refractivity contribution in [2.24, 2.45) is 0 Å². The lowest BCUT2D eigenvalue weighted by molar-refractivity contribution is 0.0676. The number of nitrogens with zero attached hydrogens (tertiary/aromatic N) is 1. The highest BCUT2D eigenvalue weighted by Crippen LogP contribution is 2.30. The fourth-order valence-electron chi connectivity index (χ4n) is 3.35. The Hall–Kier alpha value is -2.61. The summed E-state index contributed by atoms with van der Waals surface area (Å²) < 4.78 is 48.6. The number of sulfone groups is 1. The van der Waals surface area contributed by atoms with Gasteiger partial charge in [0.05, 0.1) is 31.3 Å². The molecule has 1 atom stereocenters. The maximum Gasteiger partial charge on any atom is 0.257 e. The Morgan fingerprint density at radius 1 is 1.14 bits per heavy atom. The molecule has 2 aromatic rings. The van der Waals surface area contributed by atoms with Crippen LogP contribution in [-0.4, -0.2) is 51.0 Å². The summed E-state index contributed by atoms with van der Waals surface area (Å²) >= 11 is 0. The zero-order valence-electron chi connectivity index (χ0n) is 15.7. The lowest BCUT2D eigenvalue weighted by Gasteiger charge is -2.29. The van der Waals surface area contributed by atoms with Gasteiger partial charge in [-0.1, -0.05) is 18.2 Å². The summed E-state index contributed by atoms with van der Waals surface area (Å²) in [6, 6.07) is 10.4. The van der Waals surface area contributed by atoms with Crippen LogP contribution in [0.15, 0.2) is 42.5 Å². The molecule has 1 aliphatic heterocycles. The topological polar surface area (TPSA) is 72.9 Å². The van der Waals surface area contributed by atoms with E-state index in [4.69, 9.17) is 9.47 Å². The molecular weight excluding hydrogens is 385 g/mol. The SMILES string of the molecule is COc1ccc(CN(C(=O)c2ccccc2F)[C@@H]2CCS(=O)(=O)C2)cc1OC. The van der Waals surface area contributed by atoms with Gasteiger partial charge in [-0.2, -0.15) is 0 Å². The molecule has 1 saturated heterocycles. The number of amides is 1. The molecule has 0 saturated carbocycles. The van der Waals surface area contributed by atoms with Gasteiger partial charge >= 0.3 is 0 Å². The second-order valence-corrected chi connectivity index (χ2v) is 8.89. The second-order valence-electron chi connectivity index (χ2n) is 6.66. The van der Waals surface area contributed by atoms with E-state index in [0.717, 1.165) is 5.56 Å². The van der Waals surface area contributed by atoms with Crippen LogP contribution in [0.1, 0.15) is 22.3 Å². The Labute approximate surface area is 163 Å². The van der Waals surface area contributed by atoms with Gasteiger partial charge in [-0.3, -0.25) is 4.79 Å². The van der Waals surface area contributed by atoms with E-state index in [-0.39, 0.29) is 23.6 Å². The molecule has 0 bridgehead atoms. The van der Waals surface area contributed by atoms with E-state index in [1.165, 1.54) is 37.3 Å². The lowest BCUT2D eigenvalue weighted by Crippen LogP contribution is -2.41. The van der Waals surface area contributed by atoms with Crippen LogP contribution in [0.5, 0.6) is 11.5 Å². The molecule has 1 fully saturated rings. The average molecular weight is 407 g/mol. The minimum atomic E-state index is -3.21. The van der Waals surface area contributed by atoms with E-state index in [0.29, 0.717) is 17.9 Å². The molecule has 0 N–H and O–H groups in total. The molecule has 3 rings (SSSR count). The quantitative estimate of drug-likeness (QED) is 0.736. The van der Waals surface area contributed by atoms with Crippen LogP contribution in [-0.2, 0) is 16.4 Å². The first kappa shape index (κ1) is 20.1. The standard InChI is InChI=1S/C20H22FNO5S/c1-26-18-8-7-14(11-19(18)27-2)12-22(15-9-10-28(24,25)13-15)20(23)16-5-3-4-6-17(16)21/h3-8,11,15H,9-10,12-13H2,1-2H3/t15-/m1/s1. The lowest BCUT2D eigenvalue weighted by atomic mass is 10.1. The van der Waals surface area contributed by atoms with E-state index in [1.54, 1.807) is 24.3 Å². The number of halogens is 1. The minimum absolute atomic E-state index is 0.0185. The summed E-state index contributed by atoms with van der Waals surface area (Å²) in [6.07, 6.45) is 0.329. The van der Waals surface area contributed by atoms with Crippen molar-refractivity contribution >= 4 is 15.7 Å². The van der Waals surface area contributed by atoms with Crippen molar-refractivity contribution in [1.29, 1.82) is 0 Å². The third-order valence-electron chi connectivity index (χ3n) is 4.82. The number of hydrogen-bond acceptors (Lipinski definition) is 5. The van der Waals surface area contributed by atoms with Crippen LogP contribution in [0.3, 0.4) is 0 Å². The van der Waals surface area contributed by atoms with Gasteiger partial charge in [0.2, 0.25) is 0 Å². The molecule has 0 aromatic heterocycles. The van der Waals surface area contributed by atoms with Crippen molar-refractivity contribution in [2.75, 3.05) is 25.7 Å². The Morgan fingerprint density at radius 3 is 2.46 bits per heavy atom. The summed E-state index contributed by atoms with van der Waals surface area (Å²) in [4.78, 5) is 14.5. The van der Waals surface area contributed by atoms with Gasteiger partial charge in [0.25, 0.3) is 5.91 Å². The van der Waals surface area contributed by atoms with Crippen LogP contribution in [0, 0.1) is 5.82 Å². The molecule has 1 aliphatic rings. The molecule has 8 heteroatoms. The fraction of sp³-hybridized carbons (Fsp3) is 0.350. The largest absolute Gasteiger partial charge is 0.493 e. The number of ether oxygens (including phenoxy) is 2. The number of hydrogen-bond donors (Lipinski definition) is 0. The molecule has 0 aliphatic carbocycles. The number of carbonyl (C=O) groups excluding carboxylic acids is 1. The summed E-state index contributed by atoms with van der Waals surface area (Å²) in [5.74, 6) is -0.231. The zero-order chi connectivity index (χ0) is 20.3. The molecule has 2 aromatic carbocycles. The van der Waals surface area contributed by atoms with Crippen molar-refractivity contribution in [3.05, 3.63) is 59.4 Å². The van der Waals surface area contributed by atoms with E-state index in [9.17, 15) is 17.6 Å². The van der Waals surface area contributed by atoms with Gasteiger partial charge in [-0.15, -0.1) is 0 Å². The number of carbonyl (C=O) groups is 1. The Morgan fingerprint density at radius 2 is 1.86 bits per heavy atom. The smallest absolute Gasteiger partial charge is 0.257 e. The second kappa shape index (κ2) is 8.18. The van der Waals surface area contributed by atoms with Crippen molar-refractivity contribution in [3.8, 4) is 11.5 Å². The van der Waals surface area contributed by atoms with Crippen molar-refractivity contribution < 1.29 is 27.1 Å². The van der Waals surface area contributed by atoms with Gasteiger partial charge in [0.1, 0.15) is 5.82 Å². The van der Waals surface area contributed by atoms with Crippen LogP contribution in [0.4, 0.5) is 4.39 Å². The van der Waals surface area contributed by atoms with Gasteiger partial charge in [0, 0.05) is 12.6 Å². The van der Waals surface area contributed by atoms with Crippen molar-refractivity contribution in [3.63, 3.8) is 0 Å². The third kappa shape index (κ3) is 4.27. The highest BCUT2D eigenvalue weighted by molar-refractivity contribution is 7.91. The molecule has 150 valence electrons. The Balaban J connectivity index is 1.95. The monoisotopic (exact) mass is 407 g/mol. The highest BCUT2D eigenvalue weighted by Gasteiger charge is 2.35. The Bertz CT molecular complexity index is 976. The predicted octanol–water partition coefficient (Wildman–Crippen LogP) is 2.67. The number of rotatable bonds is 6. The van der Waals surface area contributed by atoms with Crippen molar-refractivity contribution in [2.45, 2.75) is 19.0 Å². The molecular formula is C20H22FNO5S. The first-order chi connectivity index (χ1) is 13.3. The summed E-state index contributed by atoms with van der Waals surface area (Å²) in [6.45, 7) is 0.133. The summed E-state index contributed by atoms with van der Waals surface area (Å²) in [5, 5.41) is 0. The first-order valence-corrected chi connectivity index (χ1v) is 10.6. The molecule has 1 amide bonds. The van der Waals surface area contributed by atoms with E-state index in [1.807, 2.05) is 0 Å². The van der Waals surface area contributed by atoms with E-state index >= 15 is 0 Å². The zero-order valence-corrected chi connectivity index (χ0v) is 16.5. The maximum atomic E-state index is 14.2. The Kier molecular flexibility index (Phi) is 5.88. The van der Waals surface area contributed by atoms with Gasteiger partial charge in [-0.05, 0) is 36.2 Å². The van der Waals surface area contributed by atoms with Gasteiger partial charge in [-0.25, -0.2) is 12.8 Å². The van der Waals surface area contributed by atoms with Crippen LogP contribution in [0.2, 0.25) is 0 Å². The molecule has 0 spiro atoms. The molecule has 6 nitrogen and oxygen atoms in total. The van der Waals surface area contributed by atoms with Gasteiger partial charge < -0.3 is 14.4 Å². The number of methoxy groups -OCH3 is 2. The van der Waals surface area contributed by atoms with Crippen LogP contribution < -0.4 is 9.47 Å². The van der Waals surface area contributed by atoms with E-state index in [2.05, 4.69) is 0 Å². The molecule has 1 heterocycles. The maximum absolute atomic E-state index is 14.2. The normalized spacial score (nSPS) is 17.9. The fourth-order valence-corrected chi connectivity index (χ4v) is 5.08. The van der Waals surface area contributed by atoms with Crippen molar-refractivity contribution in [1.82, 2.24) is 4.90 Å². The molecule has 0 unspecified atom stereocenters. The predicted molar refractivity (Wildman–Crippen MR) is 103 cm³/mol. The summed E-state index contributed by atoms with van der Waals surface area (Å²) in [7, 11) is -0.184. The van der Waals surface area contributed by atoms with Crippen LogP contribution >= 0.6 is 0 Å². The van der Waals surface area contributed by atoms with E-state index < -0.39 is 27.6 Å². The molecule has 0 radical (unpaired) electrons. The number of benzene rings is 2. The third-order valence-corrected chi connectivity index (χ3v) is 6.57.